The molecule has 1 aromatic carbocycles. The lowest BCUT2D eigenvalue weighted by Crippen LogP contribution is -2.22. The predicted octanol–water partition coefficient (Wildman–Crippen LogP) is 3.12. The predicted molar refractivity (Wildman–Crippen MR) is 62.9 cm³/mol. The van der Waals surface area contributed by atoms with Crippen molar-refractivity contribution in [1.29, 1.82) is 0 Å². The Morgan fingerprint density at radius 3 is 2.70 bits per heavy atom. The van der Waals surface area contributed by atoms with E-state index in [1.165, 1.54) is 16.8 Å². The van der Waals surface area contributed by atoms with Crippen molar-refractivity contribution < 1.29 is 22.4 Å². The molecule has 106 valence electrons. The molecule has 0 spiro atoms. The first-order valence-electron chi connectivity index (χ1n) is 5.66. The highest BCUT2D eigenvalue weighted by molar-refractivity contribution is 5.99. The number of Topliss-reactive ketones (excluding diaryl/α,β-unsaturated/α-hetero) is 1. The highest BCUT2D eigenvalue weighted by Crippen LogP contribution is 2.21. The fraction of sp³-hybridized carbons (Fsp3) is 0.231. The summed E-state index contributed by atoms with van der Waals surface area (Å²) in [5.41, 5.74) is 0.830. The SMILES string of the molecule is Cc1ccc(F)cc1Cn1cc(C(=O)C(F)(F)F)cn1. The Morgan fingerprint density at radius 1 is 1.35 bits per heavy atom. The van der Waals surface area contributed by atoms with Crippen LogP contribution >= 0.6 is 0 Å². The van der Waals surface area contributed by atoms with E-state index >= 15 is 0 Å². The van der Waals surface area contributed by atoms with E-state index in [0.717, 1.165) is 18.0 Å². The van der Waals surface area contributed by atoms with Gasteiger partial charge in [-0.2, -0.15) is 18.3 Å². The smallest absolute Gasteiger partial charge is 0.284 e. The van der Waals surface area contributed by atoms with Crippen LogP contribution in [0.4, 0.5) is 17.6 Å². The zero-order valence-corrected chi connectivity index (χ0v) is 10.4. The van der Waals surface area contributed by atoms with E-state index in [4.69, 9.17) is 0 Å². The van der Waals surface area contributed by atoms with Crippen LogP contribution in [0.25, 0.3) is 0 Å². The van der Waals surface area contributed by atoms with Crippen LogP contribution in [0, 0.1) is 12.7 Å². The van der Waals surface area contributed by atoms with Crippen molar-refractivity contribution in [3.8, 4) is 0 Å². The van der Waals surface area contributed by atoms with E-state index < -0.39 is 23.3 Å². The fourth-order valence-corrected chi connectivity index (χ4v) is 1.72. The number of benzene rings is 1. The summed E-state index contributed by atoms with van der Waals surface area (Å²) in [7, 11) is 0. The molecular weight excluding hydrogens is 276 g/mol. The van der Waals surface area contributed by atoms with Crippen LogP contribution < -0.4 is 0 Å². The average molecular weight is 286 g/mol. The summed E-state index contributed by atoms with van der Waals surface area (Å²) in [6.45, 7) is 1.84. The van der Waals surface area contributed by atoms with Gasteiger partial charge in [0.1, 0.15) is 5.82 Å². The van der Waals surface area contributed by atoms with Crippen molar-refractivity contribution in [3.63, 3.8) is 0 Å². The number of carbonyl (C=O) groups excluding carboxylic acids is 1. The Balaban J connectivity index is 2.22. The van der Waals surface area contributed by atoms with Crippen molar-refractivity contribution in [2.24, 2.45) is 0 Å². The first-order chi connectivity index (χ1) is 9.27. The number of ketones is 1. The van der Waals surface area contributed by atoms with Gasteiger partial charge >= 0.3 is 6.18 Å². The van der Waals surface area contributed by atoms with Gasteiger partial charge in [0, 0.05) is 6.20 Å². The second-order valence-corrected chi connectivity index (χ2v) is 4.32. The number of alkyl halides is 3. The van der Waals surface area contributed by atoms with Gasteiger partial charge in [-0.05, 0) is 30.2 Å². The van der Waals surface area contributed by atoms with Crippen molar-refractivity contribution in [3.05, 3.63) is 53.1 Å². The van der Waals surface area contributed by atoms with E-state index in [1.54, 1.807) is 13.0 Å². The molecule has 2 aromatic rings. The average Bonchev–Trinajstić information content (AvgIpc) is 2.80. The number of aromatic nitrogens is 2. The summed E-state index contributed by atoms with van der Waals surface area (Å²) in [6.07, 6.45) is -3.08. The summed E-state index contributed by atoms with van der Waals surface area (Å²) in [6, 6.07) is 4.14. The highest BCUT2D eigenvalue weighted by Gasteiger charge is 2.39. The Bertz CT molecular complexity index is 646. The topological polar surface area (TPSA) is 34.9 Å². The third-order valence-electron chi connectivity index (χ3n) is 2.80. The molecule has 0 N–H and O–H groups in total. The lowest BCUT2D eigenvalue weighted by atomic mass is 10.1. The van der Waals surface area contributed by atoms with Crippen LogP contribution in [-0.2, 0) is 6.54 Å². The molecule has 2 rings (SSSR count). The second kappa shape index (κ2) is 5.07. The summed E-state index contributed by atoms with van der Waals surface area (Å²) in [5, 5.41) is 3.69. The van der Waals surface area contributed by atoms with Crippen LogP contribution in [0.1, 0.15) is 21.5 Å². The molecule has 0 bridgehead atoms. The van der Waals surface area contributed by atoms with Gasteiger partial charge in [-0.15, -0.1) is 0 Å². The van der Waals surface area contributed by atoms with E-state index in [1.807, 2.05) is 0 Å². The monoisotopic (exact) mass is 286 g/mol. The molecule has 3 nitrogen and oxygen atoms in total. The quantitative estimate of drug-likeness (QED) is 0.642. The molecule has 0 amide bonds. The third-order valence-corrected chi connectivity index (χ3v) is 2.80. The molecule has 0 atom stereocenters. The van der Waals surface area contributed by atoms with Gasteiger partial charge < -0.3 is 0 Å². The number of hydrogen-bond donors (Lipinski definition) is 0. The van der Waals surface area contributed by atoms with Crippen molar-refractivity contribution in [2.75, 3.05) is 0 Å². The lowest BCUT2D eigenvalue weighted by Gasteiger charge is -2.06. The Morgan fingerprint density at radius 2 is 2.05 bits per heavy atom. The van der Waals surface area contributed by atoms with E-state index in [2.05, 4.69) is 5.10 Å². The van der Waals surface area contributed by atoms with Gasteiger partial charge in [-0.1, -0.05) is 6.07 Å². The number of hydrogen-bond acceptors (Lipinski definition) is 2. The summed E-state index contributed by atoms with van der Waals surface area (Å²) in [5.74, 6) is -2.39. The van der Waals surface area contributed by atoms with E-state index in [9.17, 15) is 22.4 Å². The maximum atomic E-state index is 13.1. The number of rotatable bonds is 3. The van der Waals surface area contributed by atoms with Crippen LogP contribution in [0.5, 0.6) is 0 Å². The molecule has 0 saturated heterocycles. The van der Waals surface area contributed by atoms with Gasteiger partial charge in [0.15, 0.2) is 0 Å². The van der Waals surface area contributed by atoms with E-state index in [-0.39, 0.29) is 6.54 Å². The third kappa shape index (κ3) is 3.04. The number of aryl methyl sites for hydroxylation is 1. The molecule has 1 aromatic heterocycles. The second-order valence-electron chi connectivity index (χ2n) is 4.32. The minimum absolute atomic E-state index is 0.0920. The van der Waals surface area contributed by atoms with Gasteiger partial charge in [0.25, 0.3) is 5.78 Å². The largest absolute Gasteiger partial charge is 0.454 e. The molecule has 0 fully saturated rings. The number of carbonyl (C=O) groups is 1. The van der Waals surface area contributed by atoms with Gasteiger partial charge in [0.2, 0.25) is 0 Å². The molecule has 20 heavy (non-hydrogen) atoms. The normalized spacial score (nSPS) is 11.7. The first-order valence-corrected chi connectivity index (χ1v) is 5.66. The fourth-order valence-electron chi connectivity index (χ4n) is 1.72. The van der Waals surface area contributed by atoms with Crippen molar-refractivity contribution in [1.82, 2.24) is 9.78 Å². The van der Waals surface area contributed by atoms with Crippen molar-refractivity contribution in [2.45, 2.75) is 19.6 Å². The molecule has 0 radical (unpaired) electrons. The minimum atomic E-state index is -4.93. The van der Waals surface area contributed by atoms with Gasteiger partial charge in [-0.25, -0.2) is 4.39 Å². The van der Waals surface area contributed by atoms with Crippen molar-refractivity contribution >= 4 is 5.78 Å². The zero-order valence-electron chi connectivity index (χ0n) is 10.4. The highest BCUT2D eigenvalue weighted by atomic mass is 19.4. The van der Waals surface area contributed by atoms with Crippen LogP contribution in [0.3, 0.4) is 0 Å². The molecule has 0 aliphatic rings. The molecule has 7 heteroatoms. The number of halogens is 4. The molecule has 0 unspecified atom stereocenters. The first kappa shape index (κ1) is 14.2. The van der Waals surface area contributed by atoms with Gasteiger partial charge in [0.05, 0.1) is 18.3 Å². The zero-order chi connectivity index (χ0) is 14.9. The Kier molecular flexibility index (Phi) is 3.61. The molecule has 1 heterocycles. The lowest BCUT2D eigenvalue weighted by molar-refractivity contribution is -0.0885. The maximum absolute atomic E-state index is 13.1. The number of nitrogens with zero attached hydrogens (tertiary/aromatic N) is 2. The van der Waals surface area contributed by atoms with Gasteiger partial charge in [-0.3, -0.25) is 9.48 Å². The minimum Gasteiger partial charge on any atom is -0.284 e. The van der Waals surface area contributed by atoms with Crippen LogP contribution in [0.2, 0.25) is 0 Å². The summed E-state index contributed by atoms with van der Waals surface area (Å²) in [4.78, 5) is 11.0. The molecule has 0 aliphatic heterocycles. The van der Waals surface area contributed by atoms with Crippen LogP contribution in [0.15, 0.2) is 30.6 Å². The standard InChI is InChI=1S/C13H10F4N2O/c1-8-2-3-11(14)4-9(8)6-19-7-10(5-18-19)12(20)13(15,16)17/h2-5,7H,6H2,1H3. The molecular formula is C13H10F4N2O. The Labute approximate surface area is 111 Å². The summed E-state index contributed by atoms with van der Waals surface area (Å²) >= 11 is 0. The molecule has 0 saturated carbocycles. The summed E-state index contributed by atoms with van der Waals surface area (Å²) < 4.78 is 51.0. The molecule has 0 aliphatic carbocycles. The Hall–Kier alpha value is -2.18. The van der Waals surface area contributed by atoms with Crippen LogP contribution in [-0.4, -0.2) is 21.7 Å². The maximum Gasteiger partial charge on any atom is 0.454 e. The van der Waals surface area contributed by atoms with E-state index in [0.29, 0.717) is 5.56 Å².